The second-order valence-corrected chi connectivity index (χ2v) is 15.1. The van der Waals surface area contributed by atoms with Gasteiger partial charge in [-0.15, -0.1) is 11.3 Å². The van der Waals surface area contributed by atoms with Crippen LogP contribution in [0.25, 0.3) is 0 Å². The molecule has 252 valence electrons. The Labute approximate surface area is 272 Å². The predicted octanol–water partition coefficient (Wildman–Crippen LogP) is 4.14. The number of nitrogens with one attached hydrogen (secondary N) is 1. The number of fused-ring (bicyclic) bond motifs is 1. The minimum absolute atomic E-state index is 0.0427. The number of carbonyl (C=O) groups is 2. The van der Waals surface area contributed by atoms with Crippen LogP contribution in [0.1, 0.15) is 63.2 Å². The molecule has 2 heterocycles. The number of likely N-dealkylation sites (N-methyl/N-ethyl adjacent to an activating group) is 1. The van der Waals surface area contributed by atoms with Crippen LogP contribution in [0.4, 0.5) is 5.69 Å². The summed E-state index contributed by atoms with van der Waals surface area (Å²) in [5, 5.41) is 11.8. The third-order valence-electron chi connectivity index (χ3n) is 7.94. The molecule has 2 N–H and O–H groups in total. The van der Waals surface area contributed by atoms with Gasteiger partial charge in [-0.2, -0.15) is 0 Å². The molecule has 1 aromatic heterocycles. The van der Waals surface area contributed by atoms with Gasteiger partial charge < -0.3 is 29.3 Å². The summed E-state index contributed by atoms with van der Waals surface area (Å²) in [4.78, 5) is 32.5. The van der Waals surface area contributed by atoms with E-state index >= 15 is 0 Å². The highest BCUT2D eigenvalue weighted by molar-refractivity contribution is 7.94. The Morgan fingerprint density at radius 2 is 1.96 bits per heavy atom. The first-order valence-electron chi connectivity index (χ1n) is 15.6. The first-order chi connectivity index (χ1) is 21.3. The zero-order valence-electron chi connectivity index (χ0n) is 27.4. The van der Waals surface area contributed by atoms with Gasteiger partial charge in [0, 0.05) is 44.8 Å². The van der Waals surface area contributed by atoms with Gasteiger partial charge in [0.25, 0.3) is 15.9 Å². The molecule has 4 atom stereocenters. The van der Waals surface area contributed by atoms with Crippen molar-refractivity contribution in [2.24, 2.45) is 5.92 Å². The third kappa shape index (κ3) is 11.0. The van der Waals surface area contributed by atoms with Gasteiger partial charge >= 0.3 is 0 Å². The fourth-order valence-corrected chi connectivity index (χ4v) is 7.22. The Hall–Kier alpha value is -2.71. The molecule has 1 aromatic carbocycles. The molecule has 2 amide bonds. The van der Waals surface area contributed by atoms with Crippen LogP contribution in [0, 0.1) is 5.92 Å². The molecule has 2 aromatic rings. The minimum Gasteiger partial charge on any atom is -0.490 e. The van der Waals surface area contributed by atoms with Gasteiger partial charge in [-0.3, -0.25) is 14.3 Å². The molecule has 0 radical (unpaired) electrons. The van der Waals surface area contributed by atoms with Crippen LogP contribution in [0.2, 0.25) is 0 Å². The highest BCUT2D eigenvalue weighted by Crippen LogP contribution is 2.30. The molecule has 0 unspecified atom stereocenters. The molecule has 1 aliphatic rings. The summed E-state index contributed by atoms with van der Waals surface area (Å²) in [6.45, 7) is 7.37. The zero-order chi connectivity index (χ0) is 33.1. The fraction of sp³-hybridized carbons (Fsp3) is 0.625. The number of aliphatic hydroxyl groups is 1. The van der Waals surface area contributed by atoms with Gasteiger partial charge in [0.15, 0.2) is 0 Å². The van der Waals surface area contributed by atoms with Gasteiger partial charge in [0.05, 0.1) is 30.4 Å². The van der Waals surface area contributed by atoms with E-state index in [0.717, 1.165) is 43.6 Å². The number of carbonyl (C=O) groups excluding carboxylic acids is 2. The van der Waals surface area contributed by atoms with E-state index < -0.39 is 22.0 Å². The average Bonchev–Trinajstić information content (AvgIpc) is 3.54. The van der Waals surface area contributed by atoms with Gasteiger partial charge in [-0.25, -0.2) is 8.42 Å². The fourth-order valence-electron chi connectivity index (χ4n) is 5.18. The maximum Gasteiger partial charge on any atom is 0.271 e. The van der Waals surface area contributed by atoms with Gasteiger partial charge in [-0.05, 0) is 89.8 Å². The Bertz CT molecular complexity index is 1340. The van der Waals surface area contributed by atoms with Crippen LogP contribution in [-0.4, -0.2) is 112 Å². The van der Waals surface area contributed by atoms with E-state index in [1.54, 1.807) is 47.4 Å². The molecule has 0 bridgehead atoms. The van der Waals surface area contributed by atoms with Crippen molar-refractivity contribution in [1.29, 1.82) is 0 Å². The summed E-state index contributed by atoms with van der Waals surface area (Å²) >= 11 is 1.10. The lowest BCUT2D eigenvalue weighted by Crippen LogP contribution is -2.48. The highest BCUT2D eigenvalue weighted by atomic mass is 32.2. The third-order valence-corrected chi connectivity index (χ3v) is 10.7. The molecule has 0 saturated heterocycles. The van der Waals surface area contributed by atoms with Crippen LogP contribution >= 0.6 is 11.3 Å². The summed E-state index contributed by atoms with van der Waals surface area (Å²) in [5.41, 5.74) is 0.427. The van der Waals surface area contributed by atoms with Crippen LogP contribution in [0.3, 0.4) is 0 Å². The number of thiophene rings is 1. The van der Waals surface area contributed by atoms with Crippen LogP contribution in [-0.2, 0) is 19.6 Å². The number of amides is 2. The lowest BCUT2D eigenvalue weighted by atomic mass is 10.0. The number of hydrogen-bond donors (Lipinski definition) is 2. The number of anilines is 1. The van der Waals surface area contributed by atoms with E-state index in [-0.39, 0.29) is 52.6 Å². The number of aliphatic hydroxyl groups excluding tert-OH is 1. The number of benzene rings is 1. The van der Waals surface area contributed by atoms with Crippen LogP contribution in [0.15, 0.2) is 39.9 Å². The second-order valence-electron chi connectivity index (χ2n) is 12.2. The van der Waals surface area contributed by atoms with Crippen molar-refractivity contribution in [3.05, 3.63) is 41.3 Å². The Balaban J connectivity index is 1.92. The first kappa shape index (κ1) is 36.8. The molecule has 1 aliphatic heterocycles. The zero-order valence-corrected chi connectivity index (χ0v) is 29.0. The van der Waals surface area contributed by atoms with Crippen molar-refractivity contribution in [3.63, 3.8) is 0 Å². The van der Waals surface area contributed by atoms with E-state index in [4.69, 9.17) is 9.47 Å². The van der Waals surface area contributed by atoms with Crippen molar-refractivity contribution in [1.82, 2.24) is 14.7 Å². The van der Waals surface area contributed by atoms with Crippen LogP contribution < -0.4 is 9.46 Å². The Morgan fingerprint density at radius 1 is 1.20 bits per heavy atom. The SMILES string of the molecule is C[C@H](CO)N1C[C@H](C)[C@H](CN(C)C(=O)CCCN(C)C)OCCCC[C@H](C)Oc2ccc(NS(=O)(=O)c3cccs3)cc2C1=O. The molecule has 13 heteroatoms. The Morgan fingerprint density at radius 3 is 2.62 bits per heavy atom. The molecule has 3 rings (SSSR count). The number of rotatable bonds is 11. The predicted molar refractivity (Wildman–Crippen MR) is 177 cm³/mol. The summed E-state index contributed by atoms with van der Waals surface area (Å²) in [6.07, 6.45) is 3.03. The minimum atomic E-state index is -3.84. The number of nitrogens with zero attached hydrogens (tertiary/aromatic N) is 3. The van der Waals surface area contributed by atoms with Crippen molar-refractivity contribution in [3.8, 4) is 5.75 Å². The largest absolute Gasteiger partial charge is 0.490 e. The number of ether oxygens (including phenoxy) is 2. The normalized spacial score (nSPS) is 21.0. The van der Waals surface area contributed by atoms with E-state index in [1.165, 1.54) is 12.1 Å². The smallest absolute Gasteiger partial charge is 0.271 e. The summed E-state index contributed by atoms with van der Waals surface area (Å²) in [7, 11) is 1.90. The lowest BCUT2D eigenvalue weighted by molar-refractivity contribution is -0.132. The summed E-state index contributed by atoms with van der Waals surface area (Å²) < 4.78 is 41.2. The molecule has 0 saturated carbocycles. The average molecular weight is 667 g/mol. The molecular formula is C32H50N4O7S2. The molecule has 0 spiro atoms. The van der Waals surface area contributed by atoms with Crippen molar-refractivity contribution >= 4 is 38.9 Å². The highest BCUT2D eigenvalue weighted by Gasteiger charge is 2.31. The quantitative estimate of drug-likeness (QED) is 0.366. The molecule has 45 heavy (non-hydrogen) atoms. The van der Waals surface area contributed by atoms with E-state index in [1.807, 2.05) is 27.9 Å². The van der Waals surface area contributed by atoms with Crippen molar-refractivity contribution in [2.75, 3.05) is 58.7 Å². The lowest BCUT2D eigenvalue weighted by Gasteiger charge is -2.36. The van der Waals surface area contributed by atoms with Gasteiger partial charge in [0.2, 0.25) is 5.91 Å². The monoisotopic (exact) mass is 666 g/mol. The topological polar surface area (TPSA) is 129 Å². The van der Waals surface area contributed by atoms with E-state index in [0.29, 0.717) is 25.3 Å². The standard InChI is InChI=1S/C32H50N4O7S2/c1-23-20-36(24(2)22-37)32(39)27-19-26(33-45(40,41)31-13-10-18-44-31)14-15-28(27)43-25(3)11-7-8-17-42-29(23)21-35(6)30(38)12-9-16-34(4)5/h10,13-15,18-19,23-25,29,33,37H,7-9,11-12,16-17,20-22H2,1-6H3/t23-,24+,25-,29-/m0/s1. The van der Waals surface area contributed by atoms with Crippen molar-refractivity contribution in [2.45, 2.75) is 75.3 Å². The molecule has 0 fully saturated rings. The van der Waals surface area contributed by atoms with Crippen molar-refractivity contribution < 1.29 is 32.6 Å². The Kier molecular flexibility index (Phi) is 14.1. The maximum atomic E-state index is 14.3. The second kappa shape index (κ2) is 17.3. The summed E-state index contributed by atoms with van der Waals surface area (Å²) in [6, 6.07) is 7.34. The number of sulfonamides is 1. The van der Waals surface area contributed by atoms with Crippen LogP contribution in [0.5, 0.6) is 5.75 Å². The number of hydrogen-bond acceptors (Lipinski definition) is 9. The van der Waals surface area contributed by atoms with Gasteiger partial charge in [-0.1, -0.05) is 13.0 Å². The molecule has 11 nitrogen and oxygen atoms in total. The molecule has 0 aliphatic carbocycles. The molecular weight excluding hydrogens is 617 g/mol. The summed E-state index contributed by atoms with van der Waals surface area (Å²) in [5.74, 6) is -0.193. The van der Waals surface area contributed by atoms with E-state index in [2.05, 4.69) is 9.62 Å². The van der Waals surface area contributed by atoms with Gasteiger partial charge in [0.1, 0.15) is 9.96 Å². The van der Waals surface area contributed by atoms with E-state index in [9.17, 15) is 23.1 Å². The maximum absolute atomic E-state index is 14.3. The first-order valence-corrected chi connectivity index (χ1v) is 18.0.